The van der Waals surface area contributed by atoms with Crippen LogP contribution in [0.1, 0.15) is 23.6 Å². The molecule has 2 rings (SSSR count). The second kappa shape index (κ2) is 7.80. The van der Waals surface area contributed by atoms with Gasteiger partial charge in [0.15, 0.2) is 0 Å². The first-order chi connectivity index (χ1) is 11.8. The summed E-state index contributed by atoms with van der Waals surface area (Å²) in [6, 6.07) is 12.5. The summed E-state index contributed by atoms with van der Waals surface area (Å²) in [5.41, 5.74) is 3.65. The quantitative estimate of drug-likeness (QED) is 0.861. The molecule has 1 amide bonds. The third-order valence-electron chi connectivity index (χ3n) is 4.23. The lowest BCUT2D eigenvalue weighted by Gasteiger charge is -2.18. The number of hydrogen-bond acceptors (Lipinski definition) is 3. The highest BCUT2D eigenvalue weighted by atomic mass is 32.2. The van der Waals surface area contributed by atoms with Gasteiger partial charge in [-0.05, 0) is 55.2 Å². The fourth-order valence-corrected chi connectivity index (χ4v) is 3.69. The molecule has 6 heteroatoms. The van der Waals surface area contributed by atoms with Gasteiger partial charge in [-0.15, -0.1) is 0 Å². The molecule has 0 unspecified atom stereocenters. The molecular formula is C19H24N2O3S. The van der Waals surface area contributed by atoms with Gasteiger partial charge in [0.05, 0.1) is 11.4 Å². The zero-order valence-corrected chi connectivity index (χ0v) is 15.9. The first kappa shape index (κ1) is 19.1. The molecule has 1 N–H and O–H groups in total. The lowest BCUT2D eigenvalue weighted by Crippen LogP contribution is -2.35. The van der Waals surface area contributed by atoms with Gasteiger partial charge in [0.25, 0.3) is 0 Å². The largest absolute Gasteiger partial charge is 0.325 e. The minimum absolute atomic E-state index is 0.194. The molecule has 0 spiro atoms. The molecule has 2 aromatic rings. The van der Waals surface area contributed by atoms with Crippen molar-refractivity contribution in [2.45, 2.75) is 32.1 Å². The summed E-state index contributed by atoms with van der Waals surface area (Å²) in [5, 5.41) is 2.79. The Balaban J connectivity index is 2.13. The number of benzene rings is 2. The Morgan fingerprint density at radius 3 is 2.40 bits per heavy atom. The predicted octanol–water partition coefficient (Wildman–Crippen LogP) is 3.13. The predicted molar refractivity (Wildman–Crippen MR) is 100 cm³/mol. The average Bonchev–Trinajstić information content (AvgIpc) is 2.57. The fraction of sp³-hybridized carbons (Fsp3) is 0.316. The number of aryl methyl sites for hydroxylation is 3. The van der Waals surface area contributed by atoms with Crippen LogP contribution in [-0.4, -0.2) is 32.2 Å². The van der Waals surface area contributed by atoms with Gasteiger partial charge in [-0.25, -0.2) is 8.42 Å². The highest BCUT2D eigenvalue weighted by Crippen LogP contribution is 2.19. The van der Waals surface area contributed by atoms with Gasteiger partial charge in [0.2, 0.25) is 15.9 Å². The maximum atomic E-state index is 12.7. The first-order valence-electron chi connectivity index (χ1n) is 8.17. The molecule has 5 nitrogen and oxygen atoms in total. The molecule has 0 fully saturated rings. The topological polar surface area (TPSA) is 66.5 Å². The standard InChI is InChI=1S/C19H24N2O3S/c1-5-16-8-6-7-9-18(16)20-19(22)13-21(4)25(23,24)17-11-10-14(2)15(3)12-17/h6-12H,5,13H2,1-4H3,(H,20,22). The van der Waals surface area contributed by atoms with Crippen LogP contribution in [0, 0.1) is 13.8 Å². The summed E-state index contributed by atoms with van der Waals surface area (Å²) >= 11 is 0. The highest BCUT2D eigenvalue weighted by molar-refractivity contribution is 7.89. The summed E-state index contributed by atoms with van der Waals surface area (Å²) < 4.78 is 26.4. The maximum Gasteiger partial charge on any atom is 0.243 e. The number of sulfonamides is 1. The number of para-hydroxylation sites is 1. The van der Waals surface area contributed by atoms with Crippen LogP contribution in [-0.2, 0) is 21.2 Å². The van der Waals surface area contributed by atoms with Crippen molar-refractivity contribution in [2.24, 2.45) is 0 Å². The zero-order valence-electron chi connectivity index (χ0n) is 15.0. The van der Waals surface area contributed by atoms with E-state index in [9.17, 15) is 13.2 Å². The first-order valence-corrected chi connectivity index (χ1v) is 9.61. The molecule has 0 heterocycles. The number of anilines is 1. The number of nitrogens with zero attached hydrogens (tertiary/aromatic N) is 1. The fourth-order valence-electron chi connectivity index (χ4n) is 2.48. The average molecular weight is 360 g/mol. The third kappa shape index (κ3) is 4.46. The van der Waals surface area contributed by atoms with Crippen molar-refractivity contribution in [1.29, 1.82) is 0 Å². The molecule has 0 atom stereocenters. The molecule has 134 valence electrons. The lowest BCUT2D eigenvalue weighted by molar-refractivity contribution is -0.116. The van der Waals surface area contributed by atoms with Crippen molar-refractivity contribution in [2.75, 3.05) is 18.9 Å². The molecular weight excluding hydrogens is 336 g/mol. The number of rotatable bonds is 6. The van der Waals surface area contributed by atoms with Crippen molar-refractivity contribution in [3.05, 3.63) is 59.2 Å². The number of nitrogens with one attached hydrogen (secondary N) is 1. The Kier molecular flexibility index (Phi) is 5.98. The van der Waals surface area contributed by atoms with E-state index in [1.54, 1.807) is 18.2 Å². The number of likely N-dealkylation sites (N-methyl/N-ethyl adjacent to an activating group) is 1. The van der Waals surface area contributed by atoms with E-state index in [1.165, 1.54) is 7.05 Å². The van der Waals surface area contributed by atoms with Crippen LogP contribution < -0.4 is 5.32 Å². The Labute approximate surface area is 149 Å². The summed E-state index contributed by atoms with van der Waals surface area (Å²) in [6.07, 6.45) is 0.785. The van der Waals surface area contributed by atoms with Crippen molar-refractivity contribution < 1.29 is 13.2 Å². The van der Waals surface area contributed by atoms with Gasteiger partial charge in [0, 0.05) is 12.7 Å². The van der Waals surface area contributed by atoms with Crippen molar-refractivity contribution >= 4 is 21.6 Å². The van der Waals surface area contributed by atoms with E-state index in [0.29, 0.717) is 5.69 Å². The molecule has 0 bridgehead atoms. The van der Waals surface area contributed by atoms with E-state index in [4.69, 9.17) is 0 Å². The molecule has 2 aromatic carbocycles. The van der Waals surface area contributed by atoms with Crippen LogP contribution in [0.5, 0.6) is 0 Å². The van der Waals surface area contributed by atoms with Crippen LogP contribution in [0.25, 0.3) is 0 Å². The van der Waals surface area contributed by atoms with Crippen LogP contribution in [0.2, 0.25) is 0 Å². The molecule has 0 radical (unpaired) electrons. The van der Waals surface area contributed by atoms with Crippen LogP contribution in [0.15, 0.2) is 47.4 Å². The van der Waals surface area contributed by atoms with Gasteiger partial charge in [0.1, 0.15) is 0 Å². The van der Waals surface area contributed by atoms with Crippen LogP contribution in [0.4, 0.5) is 5.69 Å². The van der Waals surface area contributed by atoms with E-state index in [0.717, 1.165) is 27.4 Å². The molecule has 25 heavy (non-hydrogen) atoms. The summed E-state index contributed by atoms with van der Waals surface area (Å²) in [7, 11) is -2.30. The summed E-state index contributed by atoms with van der Waals surface area (Å²) in [6.45, 7) is 5.55. The van der Waals surface area contributed by atoms with Gasteiger partial charge in [-0.2, -0.15) is 4.31 Å². The SMILES string of the molecule is CCc1ccccc1NC(=O)CN(C)S(=O)(=O)c1ccc(C)c(C)c1. The molecule has 0 aliphatic heterocycles. The van der Waals surface area contributed by atoms with E-state index < -0.39 is 10.0 Å². The maximum absolute atomic E-state index is 12.7. The zero-order chi connectivity index (χ0) is 18.6. The Morgan fingerprint density at radius 2 is 1.76 bits per heavy atom. The Morgan fingerprint density at radius 1 is 1.08 bits per heavy atom. The van der Waals surface area contributed by atoms with E-state index in [2.05, 4.69) is 5.32 Å². The number of carbonyl (C=O) groups is 1. The van der Waals surface area contributed by atoms with E-state index >= 15 is 0 Å². The van der Waals surface area contributed by atoms with Gasteiger partial charge in [-0.3, -0.25) is 4.79 Å². The molecule has 0 saturated heterocycles. The number of hydrogen-bond donors (Lipinski definition) is 1. The molecule has 0 aromatic heterocycles. The highest BCUT2D eigenvalue weighted by Gasteiger charge is 2.23. The molecule has 0 aliphatic carbocycles. The Hall–Kier alpha value is -2.18. The van der Waals surface area contributed by atoms with Crippen molar-refractivity contribution in [3.63, 3.8) is 0 Å². The third-order valence-corrected chi connectivity index (χ3v) is 6.02. The second-order valence-corrected chi connectivity index (χ2v) is 8.11. The number of carbonyl (C=O) groups excluding carboxylic acids is 1. The molecule has 0 aliphatic rings. The summed E-state index contributed by atoms with van der Waals surface area (Å²) in [4.78, 5) is 12.5. The van der Waals surface area contributed by atoms with Gasteiger partial charge >= 0.3 is 0 Å². The Bertz CT molecular complexity index is 876. The van der Waals surface area contributed by atoms with E-state index in [1.807, 2.05) is 45.0 Å². The van der Waals surface area contributed by atoms with Crippen LogP contribution >= 0.6 is 0 Å². The van der Waals surface area contributed by atoms with Crippen LogP contribution in [0.3, 0.4) is 0 Å². The second-order valence-electron chi connectivity index (χ2n) is 6.07. The number of amides is 1. The minimum Gasteiger partial charge on any atom is -0.325 e. The van der Waals surface area contributed by atoms with Gasteiger partial charge in [-0.1, -0.05) is 31.2 Å². The smallest absolute Gasteiger partial charge is 0.243 e. The van der Waals surface area contributed by atoms with Crippen molar-refractivity contribution in [1.82, 2.24) is 4.31 Å². The van der Waals surface area contributed by atoms with E-state index in [-0.39, 0.29) is 17.3 Å². The normalized spacial score (nSPS) is 11.6. The van der Waals surface area contributed by atoms with Crippen molar-refractivity contribution in [3.8, 4) is 0 Å². The summed E-state index contributed by atoms with van der Waals surface area (Å²) in [5.74, 6) is -0.365. The molecule has 0 saturated carbocycles. The monoisotopic (exact) mass is 360 g/mol. The lowest BCUT2D eigenvalue weighted by atomic mass is 10.1. The minimum atomic E-state index is -3.71. The van der Waals surface area contributed by atoms with Gasteiger partial charge < -0.3 is 5.32 Å².